The highest BCUT2D eigenvalue weighted by molar-refractivity contribution is 5.95. The van der Waals surface area contributed by atoms with E-state index in [9.17, 15) is 9.50 Å². The van der Waals surface area contributed by atoms with Gasteiger partial charge in [0.05, 0.1) is 18.8 Å². The molecule has 0 aliphatic carbocycles. The predicted molar refractivity (Wildman–Crippen MR) is 146 cm³/mol. The van der Waals surface area contributed by atoms with E-state index in [1.807, 2.05) is 29.4 Å². The molecule has 2 N–H and O–H groups in total. The zero-order valence-electron chi connectivity index (χ0n) is 21.6. The molecule has 10 heteroatoms. The van der Waals surface area contributed by atoms with Crippen LogP contribution in [-0.4, -0.2) is 73.6 Å². The molecule has 0 saturated carbocycles. The number of aliphatic hydroxyl groups is 1. The Bertz CT molecular complexity index is 1600. The number of halogens is 2. The normalized spacial score (nSPS) is 15.2. The van der Waals surface area contributed by atoms with Gasteiger partial charge in [0.1, 0.15) is 11.5 Å². The number of H-pyrrole nitrogens is 1. The number of β-amino-alcohol motifs (C(OH)–C–C–N with tert-alkyl or cyclic N) is 1. The van der Waals surface area contributed by atoms with Gasteiger partial charge in [0, 0.05) is 85.2 Å². The highest BCUT2D eigenvalue weighted by Crippen LogP contribution is 2.32. The average molecular weight is 530 g/mol. The molecule has 0 radical (unpaired) electrons. The minimum atomic E-state index is -0.381. The molecule has 39 heavy (non-hydrogen) atoms. The first-order chi connectivity index (χ1) is 18.9. The Balaban J connectivity index is 1.22. The number of anilines is 1. The summed E-state index contributed by atoms with van der Waals surface area (Å²) >= 11 is 0. The summed E-state index contributed by atoms with van der Waals surface area (Å²) in [6, 6.07) is 9.96. The van der Waals surface area contributed by atoms with E-state index < -0.39 is 0 Å². The molecule has 1 saturated heterocycles. The van der Waals surface area contributed by atoms with Gasteiger partial charge in [-0.05, 0) is 36.8 Å². The summed E-state index contributed by atoms with van der Waals surface area (Å²) in [7, 11) is 0. The maximum Gasteiger partial charge on any atom is 0.166 e. The average Bonchev–Trinajstić information content (AvgIpc) is 3.55. The highest BCUT2D eigenvalue weighted by Gasteiger charge is 2.22. The molecule has 1 aromatic carbocycles. The number of benzene rings is 1. The van der Waals surface area contributed by atoms with Crippen molar-refractivity contribution in [2.45, 2.75) is 19.6 Å². The van der Waals surface area contributed by atoms with Crippen molar-refractivity contribution in [2.24, 2.45) is 0 Å². The van der Waals surface area contributed by atoms with E-state index in [2.05, 4.69) is 25.0 Å². The second kappa shape index (κ2) is 10.5. The second-order valence-corrected chi connectivity index (χ2v) is 10.0. The number of nitrogens with one attached hydrogen (secondary N) is 1. The van der Waals surface area contributed by atoms with Gasteiger partial charge in [0.15, 0.2) is 11.6 Å². The van der Waals surface area contributed by atoms with Crippen LogP contribution in [0.3, 0.4) is 0 Å². The molecule has 1 atom stereocenters. The van der Waals surface area contributed by atoms with Crippen molar-refractivity contribution in [2.75, 3.05) is 37.6 Å². The molecule has 4 aromatic heterocycles. The van der Waals surface area contributed by atoms with Crippen LogP contribution in [0.4, 0.5) is 14.6 Å². The zero-order valence-corrected chi connectivity index (χ0v) is 21.6. The van der Waals surface area contributed by atoms with Crippen LogP contribution in [0.5, 0.6) is 0 Å². The van der Waals surface area contributed by atoms with Crippen molar-refractivity contribution in [3.05, 3.63) is 84.6 Å². The van der Waals surface area contributed by atoms with Gasteiger partial charge in [-0.3, -0.25) is 9.58 Å². The summed E-state index contributed by atoms with van der Waals surface area (Å²) in [5.41, 5.74) is 4.76. The summed E-state index contributed by atoms with van der Waals surface area (Å²) in [6.45, 7) is 5.67. The molecule has 0 unspecified atom stereocenters. The number of aromatic amines is 1. The van der Waals surface area contributed by atoms with Crippen molar-refractivity contribution in [3.63, 3.8) is 0 Å². The summed E-state index contributed by atoms with van der Waals surface area (Å²) < 4.78 is 30.5. The third kappa shape index (κ3) is 5.39. The fraction of sp³-hybridized carbons (Fsp3) is 0.276. The Morgan fingerprint density at radius 3 is 2.54 bits per heavy atom. The van der Waals surface area contributed by atoms with Crippen LogP contribution in [0.1, 0.15) is 12.5 Å². The van der Waals surface area contributed by atoms with Crippen LogP contribution in [0.25, 0.3) is 33.3 Å². The smallest absolute Gasteiger partial charge is 0.166 e. The van der Waals surface area contributed by atoms with E-state index in [0.717, 1.165) is 40.7 Å². The third-order valence-corrected chi connectivity index (χ3v) is 7.06. The number of fused-ring (bicyclic) bond motifs is 1. The first-order valence-corrected chi connectivity index (χ1v) is 13.0. The van der Waals surface area contributed by atoms with Crippen LogP contribution in [0, 0.1) is 11.6 Å². The van der Waals surface area contributed by atoms with Crippen molar-refractivity contribution in [1.82, 2.24) is 29.6 Å². The van der Waals surface area contributed by atoms with Gasteiger partial charge in [0.25, 0.3) is 0 Å². The van der Waals surface area contributed by atoms with E-state index in [0.29, 0.717) is 43.2 Å². The van der Waals surface area contributed by atoms with Gasteiger partial charge in [-0.1, -0.05) is 12.1 Å². The lowest BCUT2D eigenvalue weighted by Crippen LogP contribution is -2.48. The largest absolute Gasteiger partial charge is 0.392 e. The Kier molecular flexibility index (Phi) is 6.80. The van der Waals surface area contributed by atoms with Crippen LogP contribution < -0.4 is 4.90 Å². The molecule has 1 aliphatic rings. The second-order valence-electron chi connectivity index (χ2n) is 10.0. The number of pyridine rings is 2. The van der Waals surface area contributed by atoms with E-state index in [1.54, 1.807) is 36.3 Å². The lowest BCUT2D eigenvalue weighted by molar-refractivity contribution is 0.122. The number of rotatable bonds is 7. The monoisotopic (exact) mass is 529 g/mol. The van der Waals surface area contributed by atoms with Crippen LogP contribution in [-0.2, 0) is 6.54 Å². The lowest BCUT2D eigenvalue weighted by Gasteiger charge is -2.36. The molecular weight excluding hydrogens is 500 g/mol. The number of hydrogen-bond donors (Lipinski definition) is 2. The Hall–Kier alpha value is -4.15. The molecule has 5 aromatic rings. The van der Waals surface area contributed by atoms with Crippen LogP contribution in [0.2, 0.25) is 0 Å². The van der Waals surface area contributed by atoms with Crippen molar-refractivity contribution in [1.29, 1.82) is 0 Å². The van der Waals surface area contributed by atoms with Gasteiger partial charge in [-0.25, -0.2) is 18.7 Å². The van der Waals surface area contributed by atoms with Gasteiger partial charge < -0.3 is 15.0 Å². The highest BCUT2D eigenvalue weighted by atomic mass is 19.1. The van der Waals surface area contributed by atoms with Crippen LogP contribution in [0.15, 0.2) is 67.4 Å². The minimum Gasteiger partial charge on any atom is -0.392 e. The van der Waals surface area contributed by atoms with Gasteiger partial charge >= 0.3 is 0 Å². The summed E-state index contributed by atoms with van der Waals surface area (Å²) in [6.07, 6.45) is 8.58. The fourth-order valence-corrected chi connectivity index (χ4v) is 5.15. The number of hydrogen-bond acceptors (Lipinski definition) is 6. The Morgan fingerprint density at radius 1 is 0.974 bits per heavy atom. The van der Waals surface area contributed by atoms with Crippen LogP contribution >= 0.6 is 0 Å². The Labute approximate surface area is 224 Å². The maximum atomic E-state index is 15.2. The van der Waals surface area contributed by atoms with Crippen molar-refractivity contribution < 1.29 is 13.9 Å². The first kappa shape index (κ1) is 25.1. The predicted octanol–water partition coefficient (Wildman–Crippen LogP) is 4.32. The number of nitrogens with zero attached hydrogens (tertiary/aromatic N) is 6. The van der Waals surface area contributed by atoms with Gasteiger partial charge in [-0.15, -0.1) is 0 Å². The van der Waals surface area contributed by atoms with Gasteiger partial charge in [0.2, 0.25) is 0 Å². The maximum absolute atomic E-state index is 15.2. The summed E-state index contributed by atoms with van der Waals surface area (Å²) in [5, 5.41) is 15.0. The van der Waals surface area contributed by atoms with E-state index >= 15 is 4.39 Å². The van der Waals surface area contributed by atoms with E-state index in [1.165, 1.54) is 18.2 Å². The molecule has 8 nitrogen and oxygen atoms in total. The molecule has 5 heterocycles. The summed E-state index contributed by atoms with van der Waals surface area (Å²) in [5.74, 6) is -0.300. The Morgan fingerprint density at radius 2 is 1.77 bits per heavy atom. The standard InChI is InChI=1S/C29H29F2N7O/c1-19(39)16-36-5-7-37(8-6-36)29-27(31)11-22(13-34-29)21-10-25-26(15-33-28(25)32-12-21)23-14-35-38(18-23)17-20-3-2-4-24(30)9-20/h2-4,9-15,18-19,39H,5-8,16-17H2,1H3,(H,32,33)/t19-/m1/s1. The molecular formula is C29H29F2N7O. The molecule has 6 rings (SSSR count). The minimum absolute atomic E-state index is 0.274. The van der Waals surface area contributed by atoms with E-state index in [4.69, 9.17) is 0 Å². The summed E-state index contributed by atoms with van der Waals surface area (Å²) in [4.78, 5) is 16.3. The number of piperazine rings is 1. The van der Waals surface area contributed by atoms with Crippen molar-refractivity contribution in [3.8, 4) is 22.3 Å². The van der Waals surface area contributed by atoms with Crippen molar-refractivity contribution >= 4 is 16.9 Å². The third-order valence-electron chi connectivity index (χ3n) is 7.06. The molecule has 0 amide bonds. The molecule has 1 fully saturated rings. The molecule has 0 spiro atoms. The number of aromatic nitrogens is 5. The zero-order chi connectivity index (χ0) is 26.9. The lowest BCUT2D eigenvalue weighted by atomic mass is 10.1. The van der Waals surface area contributed by atoms with Gasteiger partial charge in [-0.2, -0.15) is 5.10 Å². The van der Waals surface area contributed by atoms with E-state index in [-0.39, 0.29) is 17.7 Å². The topological polar surface area (TPSA) is 86.1 Å². The molecule has 0 bridgehead atoms. The quantitative estimate of drug-likeness (QED) is 0.327. The molecule has 200 valence electrons. The number of aliphatic hydroxyl groups excluding tert-OH is 1. The molecule has 1 aliphatic heterocycles. The fourth-order valence-electron chi connectivity index (χ4n) is 5.15. The first-order valence-electron chi connectivity index (χ1n) is 13.0. The SMILES string of the molecule is C[C@@H](O)CN1CCN(c2ncc(-c3cnc4[nH]cc(-c5cnn(Cc6cccc(F)c6)c5)c4c3)cc2F)CC1.